The van der Waals surface area contributed by atoms with Gasteiger partial charge in [-0.15, -0.1) is 0 Å². The third kappa shape index (κ3) is 3.90. The van der Waals surface area contributed by atoms with E-state index < -0.39 is 0 Å². The van der Waals surface area contributed by atoms with Gasteiger partial charge in [0.25, 0.3) is 0 Å². The van der Waals surface area contributed by atoms with Crippen LogP contribution in [0.5, 0.6) is 0 Å². The first-order valence-electron chi connectivity index (χ1n) is 5.68. The Balaban J connectivity index is 2.63. The highest BCUT2D eigenvalue weighted by Crippen LogP contribution is 2.08. The fourth-order valence-corrected chi connectivity index (χ4v) is 1.24. The van der Waals surface area contributed by atoms with Gasteiger partial charge in [-0.2, -0.15) is 0 Å². The van der Waals surface area contributed by atoms with Gasteiger partial charge in [0.05, 0.1) is 6.54 Å². The van der Waals surface area contributed by atoms with Crippen molar-refractivity contribution in [3.63, 3.8) is 0 Å². The second kappa shape index (κ2) is 6.03. The number of carbonyl (C=O) groups excluding carboxylic acids is 1. The first kappa shape index (κ1) is 13.2. The van der Waals surface area contributed by atoms with Crippen molar-refractivity contribution in [2.75, 3.05) is 31.2 Å². The van der Waals surface area contributed by atoms with E-state index in [2.05, 4.69) is 15.3 Å². The van der Waals surface area contributed by atoms with Crippen LogP contribution in [0.3, 0.4) is 0 Å². The van der Waals surface area contributed by atoms with Crippen LogP contribution in [-0.4, -0.2) is 40.9 Å². The predicted molar refractivity (Wildman–Crippen MR) is 67.6 cm³/mol. The number of carbonyl (C=O) groups is 1. The molecule has 1 amide bonds. The summed E-state index contributed by atoms with van der Waals surface area (Å²) in [5.41, 5.74) is 5.64. The maximum absolute atomic E-state index is 11.6. The molecule has 1 aromatic heterocycles. The van der Waals surface area contributed by atoms with Crippen molar-refractivity contribution < 1.29 is 4.79 Å². The molecule has 0 aliphatic heterocycles. The van der Waals surface area contributed by atoms with E-state index in [1.54, 1.807) is 18.0 Å². The van der Waals surface area contributed by atoms with E-state index in [0.29, 0.717) is 30.4 Å². The molecule has 0 aromatic carbocycles. The van der Waals surface area contributed by atoms with E-state index in [4.69, 9.17) is 5.73 Å². The highest BCUT2D eigenvalue weighted by molar-refractivity contribution is 5.80. The van der Waals surface area contributed by atoms with E-state index in [9.17, 15) is 4.79 Å². The topological polar surface area (TPSA) is 84.1 Å². The number of hydrogen-bond donors (Lipinski definition) is 2. The minimum Gasteiger partial charge on any atom is -0.384 e. The summed E-state index contributed by atoms with van der Waals surface area (Å²) >= 11 is 0. The van der Waals surface area contributed by atoms with Crippen molar-refractivity contribution in [3.8, 4) is 0 Å². The van der Waals surface area contributed by atoms with Crippen LogP contribution in [0, 0.1) is 0 Å². The molecular weight excluding hydrogens is 218 g/mol. The third-order valence-electron chi connectivity index (χ3n) is 2.43. The molecule has 0 saturated heterocycles. The van der Waals surface area contributed by atoms with Crippen LogP contribution in [0.15, 0.2) is 6.07 Å². The normalized spacial score (nSPS) is 10.1. The summed E-state index contributed by atoms with van der Waals surface area (Å²) < 4.78 is 0. The highest BCUT2D eigenvalue weighted by Gasteiger charge is 2.07. The number of likely N-dealkylation sites (N-methyl/N-ethyl adjacent to an activating group) is 1. The summed E-state index contributed by atoms with van der Waals surface area (Å²) in [7, 11) is 1.76. The number of aromatic nitrogens is 2. The van der Waals surface area contributed by atoms with Gasteiger partial charge in [-0.3, -0.25) is 4.79 Å². The molecule has 0 aliphatic carbocycles. The molecule has 1 aromatic rings. The lowest BCUT2D eigenvalue weighted by atomic mass is 10.4. The molecule has 0 saturated carbocycles. The standard InChI is InChI=1S/C11H19N5O/c1-4-9-14-8(12)6-10(15-9)13-7-11(17)16(3)5-2/h6H,4-5,7H2,1-3H3,(H3,12,13,14,15). The van der Waals surface area contributed by atoms with Gasteiger partial charge in [0, 0.05) is 26.1 Å². The number of rotatable bonds is 5. The van der Waals surface area contributed by atoms with Crippen LogP contribution >= 0.6 is 0 Å². The Morgan fingerprint density at radius 2 is 2.18 bits per heavy atom. The van der Waals surface area contributed by atoms with Crippen molar-refractivity contribution in [3.05, 3.63) is 11.9 Å². The quantitative estimate of drug-likeness (QED) is 0.779. The fourth-order valence-electron chi connectivity index (χ4n) is 1.24. The largest absolute Gasteiger partial charge is 0.384 e. The molecule has 3 N–H and O–H groups in total. The lowest BCUT2D eigenvalue weighted by Crippen LogP contribution is -2.32. The van der Waals surface area contributed by atoms with Crippen LogP contribution in [0.1, 0.15) is 19.7 Å². The second-order valence-electron chi connectivity index (χ2n) is 3.71. The van der Waals surface area contributed by atoms with E-state index in [1.165, 1.54) is 0 Å². The molecule has 1 heterocycles. The molecule has 0 bridgehead atoms. The Morgan fingerprint density at radius 3 is 2.76 bits per heavy atom. The predicted octanol–water partition coefficient (Wildman–Crippen LogP) is 0.511. The fraction of sp³-hybridized carbons (Fsp3) is 0.545. The summed E-state index contributed by atoms with van der Waals surface area (Å²) in [5.74, 6) is 1.69. The zero-order valence-corrected chi connectivity index (χ0v) is 10.5. The van der Waals surface area contributed by atoms with Gasteiger partial charge in [-0.25, -0.2) is 9.97 Å². The monoisotopic (exact) mass is 237 g/mol. The maximum Gasteiger partial charge on any atom is 0.241 e. The molecule has 0 unspecified atom stereocenters. The number of amides is 1. The number of nitrogens with zero attached hydrogens (tertiary/aromatic N) is 3. The third-order valence-corrected chi connectivity index (χ3v) is 2.43. The van der Waals surface area contributed by atoms with Crippen LogP contribution in [-0.2, 0) is 11.2 Å². The Kier molecular flexibility index (Phi) is 4.68. The lowest BCUT2D eigenvalue weighted by molar-refractivity contribution is -0.127. The van der Waals surface area contributed by atoms with Gasteiger partial charge in [0.1, 0.15) is 17.5 Å². The van der Waals surface area contributed by atoms with Gasteiger partial charge in [0.15, 0.2) is 0 Å². The van der Waals surface area contributed by atoms with Crippen molar-refractivity contribution in [2.24, 2.45) is 0 Å². The molecule has 94 valence electrons. The van der Waals surface area contributed by atoms with Gasteiger partial charge >= 0.3 is 0 Å². The van der Waals surface area contributed by atoms with Crippen LogP contribution in [0.4, 0.5) is 11.6 Å². The average Bonchev–Trinajstić information content (AvgIpc) is 2.34. The molecule has 6 heteroatoms. The van der Waals surface area contributed by atoms with Gasteiger partial charge in [-0.05, 0) is 6.92 Å². The molecule has 0 aliphatic rings. The smallest absolute Gasteiger partial charge is 0.241 e. The van der Waals surface area contributed by atoms with E-state index in [-0.39, 0.29) is 12.5 Å². The Morgan fingerprint density at radius 1 is 1.47 bits per heavy atom. The number of nitrogens with one attached hydrogen (secondary N) is 1. The molecular formula is C11H19N5O. The van der Waals surface area contributed by atoms with E-state index in [1.807, 2.05) is 13.8 Å². The first-order valence-corrected chi connectivity index (χ1v) is 5.68. The molecule has 17 heavy (non-hydrogen) atoms. The average molecular weight is 237 g/mol. The highest BCUT2D eigenvalue weighted by atomic mass is 16.2. The molecule has 0 fully saturated rings. The lowest BCUT2D eigenvalue weighted by Gasteiger charge is -2.15. The van der Waals surface area contributed by atoms with Crippen molar-refractivity contribution in [1.29, 1.82) is 0 Å². The number of nitrogen functional groups attached to an aromatic ring is 1. The van der Waals surface area contributed by atoms with Crippen molar-refractivity contribution in [1.82, 2.24) is 14.9 Å². The summed E-state index contributed by atoms with van der Waals surface area (Å²) in [6.07, 6.45) is 0.711. The minimum absolute atomic E-state index is 0.0164. The SMILES string of the molecule is CCc1nc(N)cc(NCC(=O)N(C)CC)n1. The van der Waals surface area contributed by atoms with Gasteiger partial charge in [0.2, 0.25) is 5.91 Å². The van der Waals surface area contributed by atoms with E-state index >= 15 is 0 Å². The molecule has 0 atom stereocenters. The summed E-state index contributed by atoms with van der Waals surface area (Å²) in [6, 6.07) is 1.62. The molecule has 0 radical (unpaired) electrons. The number of hydrogen-bond acceptors (Lipinski definition) is 5. The van der Waals surface area contributed by atoms with Crippen LogP contribution in [0.25, 0.3) is 0 Å². The van der Waals surface area contributed by atoms with Gasteiger partial charge < -0.3 is 16.0 Å². The zero-order valence-electron chi connectivity index (χ0n) is 10.5. The summed E-state index contributed by atoms with van der Waals surface area (Å²) in [5, 5.41) is 2.95. The van der Waals surface area contributed by atoms with Crippen molar-refractivity contribution in [2.45, 2.75) is 20.3 Å². The number of anilines is 2. The second-order valence-corrected chi connectivity index (χ2v) is 3.71. The van der Waals surface area contributed by atoms with Gasteiger partial charge in [-0.1, -0.05) is 6.92 Å². The first-order chi connectivity index (χ1) is 8.06. The minimum atomic E-state index is 0.0164. The Labute approximate surface area is 101 Å². The number of nitrogens with two attached hydrogens (primary N) is 1. The Hall–Kier alpha value is -1.85. The molecule has 1 rings (SSSR count). The van der Waals surface area contributed by atoms with Crippen LogP contribution < -0.4 is 11.1 Å². The molecule has 0 spiro atoms. The van der Waals surface area contributed by atoms with E-state index in [0.717, 1.165) is 0 Å². The Bertz CT molecular complexity index is 393. The molecule has 6 nitrogen and oxygen atoms in total. The maximum atomic E-state index is 11.6. The summed E-state index contributed by atoms with van der Waals surface area (Å²) in [6.45, 7) is 4.78. The zero-order chi connectivity index (χ0) is 12.8. The van der Waals surface area contributed by atoms with Crippen molar-refractivity contribution >= 4 is 17.5 Å². The summed E-state index contributed by atoms with van der Waals surface area (Å²) in [4.78, 5) is 21.5. The van der Waals surface area contributed by atoms with Crippen LogP contribution in [0.2, 0.25) is 0 Å². The number of aryl methyl sites for hydroxylation is 1.